The quantitative estimate of drug-likeness (QED) is 0.838. The Hall–Kier alpha value is -1.88. The molecular weight excluding hydrogens is 292 g/mol. The summed E-state index contributed by atoms with van der Waals surface area (Å²) in [6.45, 7) is 7.66. The van der Waals surface area contributed by atoms with E-state index >= 15 is 0 Å². The molecule has 0 bridgehead atoms. The van der Waals surface area contributed by atoms with Crippen LogP contribution >= 0.6 is 0 Å². The van der Waals surface area contributed by atoms with Gasteiger partial charge in [-0.3, -0.25) is 9.59 Å². The number of amides is 2. The highest BCUT2D eigenvalue weighted by molar-refractivity contribution is 6.00. The SMILES string of the molecule is Cc1cccc(N2C[C@H](C(=O)N3C[C@H](C)O[C@@H](C)C3)CC2=O)c1. The van der Waals surface area contributed by atoms with Crippen molar-refractivity contribution in [1.29, 1.82) is 0 Å². The van der Waals surface area contributed by atoms with E-state index in [0.717, 1.165) is 11.3 Å². The molecule has 3 rings (SSSR count). The molecule has 0 spiro atoms. The van der Waals surface area contributed by atoms with Crippen LogP contribution in [0.3, 0.4) is 0 Å². The van der Waals surface area contributed by atoms with Crippen molar-refractivity contribution in [3.05, 3.63) is 29.8 Å². The van der Waals surface area contributed by atoms with E-state index in [4.69, 9.17) is 4.74 Å². The van der Waals surface area contributed by atoms with Crippen molar-refractivity contribution < 1.29 is 14.3 Å². The topological polar surface area (TPSA) is 49.9 Å². The lowest BCUT2D eigenvalue weighted by molar-refractivity contribution is -0.147. The molecule has 0 aliphatic carbocycles. The number of hydrogen-bond donors (Lipinski definition) is 0. The number of morpholine rings is 1. The minimum Gasteiger partial charge on any atom is -0.372 e. The maximum absolute atomic E-state index is 12.8. The van der Waals surface area contributed by atoms with Crippen molar-refractivity contribution in [1.82, 2.24) is 4.90 Å². The van der Waals surface area contributed by atoms with Gasteiger partial charge in [0.05, 0.1) is 18.1 Å². The first-order chi connectivity index (χ1) is 10.9. The number of carbonyl (C=O) groups is 2. The van der Waals surface area contributed by atoms with Crippen molar-refractivity contribution in [2.75, 3.05) is 24.5 Å². The fourth-order valence-corrected chi connectivity index (χ4v) is 3.53. The normalized spacial score (nSPS) is 28.3. The standard InChI is InChI=1S/C18H24N2O3/c1-12-5-4-6-16(7-12)20-11-15(8-17(20)21)18(22)19-9-13(2)23-14(3)10-19/h4-7,13-15H,8-11H2,1-3H3/t13-,14-,15+/m0/s1. The van der Waals surface area contributed by atoms with E-state index in [0.29, 0.717) is 26.1 Å². The molecule has 2 aliphatic heterocycles. The average molecular weight is 316 g/mol. The number of hydrogen-bond acceptors (Lipinski definition) is 3. The highest BCUT2D eigenvalue weighted by atomic mass is 16.5. The molecule has 0 N–H and O–H groups in total. The number of benzene rings is 1. The first kappa shape index (κ1) is 16.0. The highest BCUT2D eigenvalue weighted by Gasteiger charge is 2.38. The van der Waals surface area contributed by atoms with Crippen LogP contribution in [0.15, 0.2) is 24.3 Å². The van der Waals surface area contributed by atoms with Gasteiger partial charge in [0, 0.05) is 31.7 Å². The van der Waals surface area contributed by atoms with Gasteiger partial charge >= 0.3 is 0 Å². The van der Waals surface area contributed by atoms with Crippen LogP contribution in [0.2, 0.25) is 0 Å². The van der Waals surface area contributed by atoms with Gasteiger partial charge in [-0.1, -0.05) is 12.1 Å². The summed E-state index contributed by atoms with van der Waals surface area (Å²) in [5.74, 6) is -0.140. The number of aryl methyl sites for hydroxylation is 1. The molecule has 2 saturated heterocycles. The molecule has 23 heavy (non-hydrogen) atoms. The lowest BCUT2D eigenvalue weighted by Crippen LogP contribution is -2.50. The zero-order valence-corrected chi connectivity index (χ0v) is 14.0. The minimum atomic E-state index is -0.250. The Balaban J connectivity index is 1.70. The van der Waals surface area contributed by atoms with Crippen LogP contribution in [0.5, 0.6) is 0 Å². The van der Waals surface area contributed by atoms with E-state index < -0.39 is 0 Å². The minimum absolute atomic E-state index is 0.0308. The van der Waals surface area contributed by atoms with Gasteiger partial charge in [-0.2, -0.15) is 0 Å². The summed E-state index contributed by atoms with van der Waals surface area (Å²) in [5, 5.41) is 0. The Kier molecular flexibility index (Phi) is 4.39. The first-order valence-corrected chi connectivity index (χ1v) is 8.25. The second-order valence-electron chi connectivity index (χ2n) is 6.74. The summed E-state index contributed by atoms with van der Waals surface area (Å²) in [5.41, 5.74) is 2.00. The van der Waals surface area contributed by atoms with Crippen LogP contribution < -0.4 is 4.90 Å². The monoisotopic (exact) mass is 316 g/mol. The average Bonchev–Trinajstić information content (AvgIpc) is 2.87. The van der Waals surface area contributed by atoms with E-state index in [2.05, 4.69) is 0 Å². The Morgan fingerprint density at radius 2 is 1.87 bits per heavy atom. The highest BCUT2D eigenvalue weighted by Crippen LogP contribution is 2.27. The lowest BCUT2D eigenvalue weighted by Gasteiger charge is -2.36. The summed E-state index contributed by atoms with van der Waals surface area (Å²) in [6.07, 6.45) is 0.396. The maximum atomic E-state index is 12.8. The summed E-state index contributed by atoms with van der Waals surface area (Å²) in [6, 6.07) is 7.86. The second kappa shape index (κ2) is 6.32. The molecule has 5 nitrogen and oxygen atoms in total. The first-order valence-electron chi connectivity index (χ1n) is 8.25. The van der Waals surface area contributed by atoms with Crippen molar-refractivity contribution in [3.8, 4) is 0 Å². The van der Waals surface area contributed by atoms with Crippen LogP contribution in [0, 0.1) is 12.8 Å². The third kappa shape index (κ3) is 3.39. The Morgan fingerprint density at radius 3 is 2.52 bits per heavy atom. The molecule has 3 atom stereocenters. The van der Waals surface area contributed by atoms with Crippen LogP contribution in [-0.4, -0.2) is 48.6 Å². The van der Waals surface area contributed by atoms with Gasteiger partial charge in [-0.15, -0.1) is 0 Å². The van der Waals surface area contributed by atoms with E-state index in [1.54, 1.807) is 4.90 Å². The molecule has 0 unspecified atom stereocenters. The van der Waals surface area contributed by atoms with Gasteiger partial charge in [-0.05, 0) is 38.5 Å². The van der Waals surface area contributed by atoms with Crippen molar-refractivity contribution in [2.45, 2.75) is 39.4 Å². The molecule has 5 heteroatoms. The smallest absolute Gasteiger partial charge is 0.228 e. The van der Waals surface area contributed by atoms with Gasteiger partial charge in [0.1, 0.15) is 0 Å². The van der Waals surface area contributed by atoms with Crippen LogP contribution in [0.4, 0.5) is 5.69 Å². The molecule has 2 aliphatic rings. The maximum Gasteiger partial charge on any atom is 0.228 e. The van der Waals surface area contributed by atoms with E-state index in [9.17, 15) is 9.59 Å². The predicted octanol–water partition coefficient (Wildman–Crippen LogP) is 1.98. The summed E-state index contributed by atoms with van der Waals surface area (Å²) >= 11 is 0. The van der Waals surface area contributed by atoms with Crippen molar-refractivity contribution >= 4 is 17.5 Å². The largest absolute Gasteiger partial charge is 0.372 e. The predicted molar refractivity (Wildman–Crippen MR) is 88.2 cm³/mol. The molecule has 2 fully saturated rings. The van der Waals surface area contributed by atoms with Gasteiger partial charge in [0.25, 0.3) is 0 Å². The van der Waals surface area contributed by atoms with Gasteiger partial charge in [0.15, 0.2) is 0 Å². The molecule has 1 aromatic carbocycles. The number of rotatable bonds is 2. The molecular formula is C18H24N2O3. The molecule has 124 valence electrons. The number of carbonyl (C=O) groups excluding carboxylic acids is 2. The lowest BCUT2D eigenvalue weighted by atomic mass is 10.1. The Labute approximate surface area is 137 Å². The van der Waals surface area contributed by atoms with E-state index in [1.807, 2.05) is 49.9 Å². The third-order valence-corrected chi connectivity index (χ3v) is 4.52. The third-order valence-electron chi connectivity index (χ3n) is 4.52. The molecule has 0 radical (unpaired) electrons. The number of anilines is 1. The van der Waals surface area contributed by atoms with Gasteiger partial charge in [0.2, 0.25) is 11.8 Å². The van der Waals surface area contributed by atoms with Crippen LogP contribution in [0.25, 0.3) is 0 Å². The molecule has 2 amide bonds. The van der Waals surface area contributed by atoms with Gasteiger partial charge < -0.3 is 14.5 Å². The summed E-state index contributed by atoms with van der Waals surface area (Å²) in [7, 11) is 0. The van der Waals surface area contributed by atoms with Gasteiger partial charge in [-0.25, -0.2) is 0 Å². The molecule has 2 heterocycles. The summed E-state index contributed by atoms with van der Waals surface area (Å²) in [4.78, 5) is 28.7. The fourth-order valence-electron chi connectivity index (χ4n) is 3.53. The van der Waals surface area contributed by atoms with Crippen LogP contribution in [-0.2, 0) is 14.3 Å². The van der Waals surface area contributed by atoms with Crippen molar-refractivity contribution in [2.24, 2.45) is 5.92 Å². The fraction of sp³-hybridized carbons (Fsp3) is 0.556. The second-order valence-corrected chi connectivity index (χ2v) is 6.74. The zero-order chi connectivity index (χ0) is 16.6. The number of ether oxygens (including phenoxy) is 1. The van der Waals surface area contributed by atoms with E-state index in [1.165, 1.54) is 0 Å². The van der Waals surface area contributed by atoms with E-state index in [-0.39, 0.29) is 29.9 Å². The van der Waals surface area contributed by atoms with Crippen LogP contribution in [0.1, 0.15) is 25.8 Å². The zero-order valence-electron chi connectivity index (χ0n) is 14.0. The molecule has 0 saturated carbocycles. The van der Waals surface area contributed by atoms with Crippen molar-refractivity contribution in [3.63, 3.8) is 0 Å². The Bertz CT molecular complexity index is 606. The molecule has 0 aromatic heterocycles. The number of nitrogens with zero attached hydrogens (tertiary/aromatic N) is 2. The molecule has 1 aromatic rings. The Morgan fingerprint density at radius 1 is 1.17 bits per heavy atom. The summed E-state index contributed by atoms with van der Waals surface area (Å²) < 4.78 is 5.68.